The second-order valence-electron chi connectivity index (χ2n) is 7.21. The van der Waals surface area contributed by atoms with Gasteiger partial charge in [0.1, 0.15) is 6.54 Å². The molecule has 0 bridgehead atoms. The summed E-state index contributed by atoms with van der Waals surface area (Å²) in [5, 5.41) is 8.43. The van der Waals surface area contributed by atoms with Gasteiger partial charge in [0.05, 0.1) is 17.5 Å². The summed E-state index contributed by atoms with van der Waals surface area (Å²) in [4.78, 5) is 24.0. The van der Waals surface area contributed by atoms with Crippen molar-refractivity contribution in [3.63, 3.8) is 0 Å². The van der Waals surface area contributed by atoms with E-state index in [2.05, 4.69) is 23.4 Å². The zero-order chi connectivity index (χ0) is 19.0. The predicted molar refractivity (Wildman–Crippen MR) is 102 cm³/mol. The van der Waals surface area contributed by atoms with Crippen molar-refractivity contribution in [2.75, 3.05) is 6.54 Å². The Morgan fingerprint density at radius 3 is 2.96 bits per heavy atom. The van der Waals surface area contributed by atoms with Crippen molar-refractivity contribution < 1.29 is 9.59 Å². The summed E-state index contributed by atoms with van der Waals surface area (Å²) in [7, 11) is 0. The van der Waals surface area contributed by atoms with Crippen LogP contribution in [0.5, 0.6) is 0 Å². The number of carbonyl (C=O) groups is 2. The highest BCUT2D eigenvalue weighted by atomic mass is 16.2. The maximum Gasteiger partial charge on any atom is 0.252 e. The van der Waals surface area contributed by atoms with Gasteiger partial charge in [0, 0.05) is 30.2 Å². The number of nitrogens with two attached hydrogens (primary N) is 1. The quantitative estimate of drug-likeness (QED) is 0.719. The Hall–Kier alpha value is -3.09. The lowest BCUT2D eigenvalue weighted by Crippen LogP contribution is -2.35. The van der Waals surface area contributed by atoms with Gasteiger partial charge in [0.15, 0.2) is 0 Å². The minimum Gasteiger partial charge on any atom is -0.365 e. The first kappa shape index (κ1) is 17.3. The molecule has 1 atom stereocenters. The number of fused-ring (bicyclic) bond motifs is 2. The molecule has 2 aromatic heterocycles. The van der Waals surface area contributed by atoms with E-state index < -0.39 is 5.91 Å². The molecule has 2 amide bonds. The Morgan fingerprint density at radius 1 is 1.33 bits per heavy atom. The molecular weight excluding hydrogens is 342 g/mol. The van der Waals surface area contributed by atoms with Gasteiger partial charge in [-0.2, -0.15) is 5.10 Å². The van der Waals surface area contributed by atoms with Crippen LogP contribution in [-0.4, -0.2) is 32.7 Å². The van der Waals surface area contributed by atoms with Crippen LogP contribution < -0.4 is 11.1 Å². The average Bonchev–Trinajstić information content (AvgIpc) is 3.22. The molecule has 27 heavy (non-hydrogen) atoms. The van der Waals surface area contributed by atoms with Gasteiger partial charge in [0.25, 0.3) is 5.91 Å². The summed E-state index contributed by atoms with van der Waals surface area (Å²) in [5.41, 5.74) is 9.01. The zero-order valence-electron chi connectivity index (χ0n) is 15.3. The number of hydrogen-bond donors (Lipinski definition) is 2. The third-order valence-corrected chi connectivity index (χ3v) is 5.33. The van der Waals surface area contributed by atoms with Crippen molar-refractivity contribution in [2.45, 2.75) is 32.9 Å². The first-order valence-electron chi connectivity index (χ1n) is 9.18. The van der Waals surface area contributed by atoms with Gasteiger partial charge in [-0.05, 0) is 37.3 Å². The normalized spacial score (nSPS) is 16.3. The molecule has 140 valence electrons. The van der Waals surface area contributed by atoms with Crippen molar-refractivity contribution in [3.05, 3.63) is 53.5 Å². The number of hydrogen-bond acceptors (Lipinski definition) is 3. The maximum absolute atomic E-state index is 12.5. The molecule has 3 N–H and O–H groups in total. The minimum absolute atomic E-state index is 0.00930. The van der Waals surface area contributed by atoms with E-state index in [1.54, 1.807) is 0 Å². The monoisotopic (exact) mass is 365 g/mol. The van der Waals surface area contributed by atoms with E-state index in [9.17, 15) is 9.59 Å². The molecule has 1 aliphatic heterocycles. The lowest BCUT2D eigenvalue weighted by atomic mass is 9.94. The van der Waals surface area contributed by atoms with Crippen LogP contribution in [0, 0.1) is 12.8 Å². The number of nitrogens with zero attached hydrogens (tertiary/aromatic N) is 3. The lowest BCUT2D eigenvalue weighted by Gasteiger charge is -2.24. The molecule has 0 radical (unpaired) electrons. The number of rotatable bonds is 5. The van der Waals surface area contributed by atoms with Crippen LogP contribution in [-0.2, 0) is 24.3 Å². The predicted octanol–water partition coefficient (Wildman–Crippen LogP) is 1.62. The highest BCUT2D eigenvalue weighted by Gasteiger charge is 2.24. The maximum atomic E-state index is 12.5. The molecule has 1 aliphatic rings. The number of aromatic nitrogens is 3. The molecule has 3 aromatic rings. The van der Waals surface area contributed by atoms with Gasteiger partial charge in [-0.1, -0.05) is 18.2 Å². The third kappa shape index (κ3) is 3.32. The van der Waals surface area contributed by atoms with Crippen molar-refractivity contribution in [2.24, 2.45) is 11.7 Å². The number of para-hydroxylation sites is 1. The number of aryl methyl sites for hydroxylation is 2. The van der Waals surface area contributed by atoms with Crippen molar-refractivity contribution >= 4 is 22.7 Å². The summed E-state index contributed by atoms with van der Waals surface area (Å²) < 4.78 is 3.83. The molecule has 1 aromatic carbocycles. The number of benzene rings is 1. The summed E-state index contributed by atoms with van der Waals surface area (Å²) in [6, 6.07) is 8.09. The first-order chi connectivity index (χ1) is 13.0. The molecule has 7 nitrogen and oxygen atoms in total. The Balaban J connectivity index is 1.38. The van der Waals surface area contributed by atoms with Crippen LogP contribution in [0.1, 0.15) is 28.0 Å². The van der Waals surface area contributed by atoms with E-state index in [0.29, 0.717) is 25.1 Å². The molecule has 0 spiro atoms. The first-order valence-corrected chi connectivity index (χ1v) is 9.18. The highest BCUT2D eigenvalue weighted by Crippen LogP contribution is 2.23. The molecular formula is C20H23N5O2. The molecule has 7 heteroatoms. The van der Waals surface area contributed by atoms with Gasteiger partial charge in [-0.3, -0.25) is 14.3 Å². The average molecular weight is 365 g/mol. The second kappa shape index (κ2) is 6.90. The standard InChI is InChI=1S/C20H23N5O2/c1-13-11-24(17-5-3-2-4-15(13)17)12-19(26)22-9-14-6-7-25-18(8-14)16(10-23-25)20(21)27/h2-5,10-11,14H,6-9,12H2,1H3,(H2,21,27)(H,22,26). The van der Waals surface area contributed by atoms with Gasteiger partial charge >= 0.3 is 0 Å². The highest BCUT2D eigenvalue weighted by molar-refractivity contribution is 5.93. The fourth-order valence-corrected chi connectivity index (χ4v) is 3.91. The molecule has 4 rings (SSSR count). The van der Waals surface area contributed by atoms with Crippen LogP contribution >= 0.6 is 0 Å². The fourth-order valence-electron chi connectivity index (χ4n) is 3.91. The van der Waals surface area contributed by atoms with E-state index in [1.807, 2.05) is 33.6 Å². The van der Waals surface area contributed by atoms with Gasteiger partial charge in [0.2, 0.25) is 5.91 Å². The van der Waals surface area contributed by atoms with Gasteiger partial charge in [-0.25, -0.2) is 0 Å². The van der Waals surface area contributed by atoms with Crippen LogP contribution in [0.25, 0.3) is 10.9 Å². The Bertz CT molecular complexity index is 1020. The molecule has 0 saturated heterocycles. The van der Waals surface area contributed by atoms with Crippen molar-refractivity contribution in [1.82, 2.24) is 19.7 Å². The molecule has 0 saturated carbocycles. The van der Waals surface area contributed by atoms with E-state index >= 15 is 0 Å². The molecule has 0 fully saturated rings. The van der Waals surface area contributed by atoms with Crippen LogP contribution in [0.15, 0.2) is 36.7 Å². The SMILES string of the molecule is Cc1cn(CC(=O)NCC2CCn3ncc(C(N)=O)c3C2)c2ccccc12. The van der Waals surface area contributed by atoms with E-state index in [0.717, 1.165) is 29.7 Å². The summed E-state index contributed by atoms with van der Waals surface area (Å²) in [5.74, 6) is -0.180. The molecule has 3 heterocycles. The Morgan fingerprint density at radius 2 is 2.15 bits per heavy atom. The second-order valence-corrected chi connectivity index (χ2v) is 7.21. The van der Waals surface area contributed by atoms with Crippen molar-refractivity contribution in [3.8, 4) is 0 Å². The van der Waals surface area contributed by atoms with Crippen LogP contribution in [0.3, 0.4) is 0 Å². The number of carbonyl (C=O) groups excluding carboxylic acids is 2. The minimum atomic E-state index is -0.448. The number of amides is 2. The van der Waals surface area contributed by atoms with Crippen molar-refractivity contribution in [1.29, 1.82) is 0 Å². The van der Waals surface area contributed by atoms with Gasteiger partial charge in [-0.15, -0.1) is 0 Å². The van der Waals surface area contributed by atoms with E-state index in [-0.39, 0.29) is 11.8 Å². The topological polar surface area (TPSA) is 94.9 Å². The fraction of sp³-hybridized carbons (Fsp3) is 0.350. The summed E-state index contributed by atoms with van der Waals surface area (Å²) in [6.07, 6.45) is 5.17. The van der Waals surface area contributed by atoms with Crippen LogP contribution in [0.4, 0.5) is 0 Å². The molecule has 1 unspecified atom stereocenters. The largest absolute Gasteiger partial charge is 0.365 e. The number of primary amides is 1. The summed E-state index contributed by atoms with van der Waals surface area (Å²) in [6.45, 7) is 3.68. The van der Waals surface area contributed by atoms with Crippen LogP contribution in [0.2, 0.25) is 0 Å². The summed E-state index contributed by atoms with van der Waals surface area (Å²) >= 11 is 0. The third-order valence-electron chi connectivity index (χ3n) is 5.33. The lowest BCUT2D eigenvalue weighted by molar-refractivity contribution is -0.121. The van der Waals surface area contributed by atoms with Gasteiger partial charge < -0.3 is 15.6 Å². The Labute approximate surface area is 157 Å². The number of nitrogens with one attached hydrogen (secondary N) is 1. The molecule has 0 aliphatic carbocycles. The van der Waals surface area contributed by atoms with E-state index in [1.165, 1.54) is 11.6 Å². The zero-order valence-corrected chi connectivity index (χ0v) is 15.3. The van der Waals surface area contributed by atoms with E-state index in [4.69, 9.17) is 5.73 Å². The Kier molecular flexibility index (Phi) is 4.43. The smallest absolute Gasteiger partial charge is 0.252 e.